The molecule has 0 aliphatic carbocycles. The first kappa shape index (κ1) is 28.8. The zero-order chi connectivity index (χ0) is 26.5. The normalized spacial score (nSPS) is 17.4. The van der Waals surface area contributed by atoms with Crippen molar-refractivity contribution < 1.29 is 39.2 Å². The Morgan fingerprint density at radius 2 is 0.972 bits per heavy atom. The van der Waals surface area contributed by atoms with Gasteiger partial charge in [0.2, 0.25) is 0 Å². The van der Waals surface area contributed by atoms with Crippen molar-refractivity contribution >= 4 is 29.6 Å². The fraction of sp³-hybridized carbons (Fsp3) is 0.545. The van der Waals surface area contributed by atoms with E-state index in [4.69, 9.17) is 4.74 Å². The Kier molecular flexibility index (Phi) is 11.9. The fourth-order valence-electron chi connectivity index (χ4n) is 3.71. The Morgan fingerprint density at radius 1 is 0.639 bits per heavy atom. The summed E-state index contributed by atoms with van der Waals surface area (Å²) in [5.41, 5.74) is 0.192. The van der Waals surface area contributed by atoms with E-state index in [-0.39, 0.29) is 63.8 Å². The van der Waals surface area contributed by atoms with E-state index in [0.29, 0.717) is 26.2 Å². The molecule has 36 heavy (non-hydrogen) atoms. The van der Waals surface area contributed by atoms with Gasteiger partial charge in [0.15, 0.2) is 0 Å². The summed E-state index contributed by atoms with van der Waals surface area (Å²) in [6.45, 7) is 1.46. The van der Waals surface area contributed by atoms with Gasteiger partial charge in [0.05, 0.1) is 26.2 Å². The highest BCUT2D eigenvalue weighted by atomic mass is 16.5. The molecule has 0 amide bonds. The van der Waals surface area contributed by atoms with Crippen LogP contribution < -0.4 is 4.74 Å². The molecule has 1 fully saturated rings. The highest BCUT2D eigenvalue weighted by molar-refractivity contribution is 5.74. The molecule has 0 radical (unpaired) electrons. The van der Waals surface area contributed by atoms with E-state index < -0.39 is 23.9 Å². The number of nitrogens with zero attached hydrogens (tertiary/aromatic N) is 5. The molecular weight excluding hydrogens is 478 g/mol. The number of ether oxygens (including phenoxy) is 1. The van der Waals surface area contributed by atoms with E-state index in [1.807, 2.05) is 0 Å². The van der Waals surface area contributed by atoms with Gasteiger partial charge in [-0.3, -0.25) is 38.8 Å². The van der Waals surface area contributed by atoms with Crippen LogP contribution in [0.15, 0.2) is 29.4 Å². The number of esters is 1. The summed E-state index contributed by atoms with van der Waals surface area (Å²) in [5, 5.41) is 30.5. The number of benzene rings is 1. The monoisotopic (exact) mass is 509 g/mol. The Bertz CT molecular complexity index is 880. The van der Waals surface area contributed by atoms with E-state index >= 15 is 0 Å². The van der Waals surface area contributed by atoms with Crippen molar-refractivity contribution in [2.75, 3.05) is 78.5 Å². The van der Waals surface area contributed by atoms with Gasteiger partial charge in [-0.05, 0) is 29.4 Å². The van der Waals surface area contributed by atoms with E-state index in [1.54, 1.807) is 19.6 Å². The molecule has 0 atom stereocenters. The van der Waals surface area contributed by atoms with Gasteiger partial charge in [-0.2, -0.15) is 0 Å². The summed E-state index contributed by atoms with van der Waals surface area (Å²) in [6.07, 6.45) is 0. The second-order valence-corrected chi connectivity index (χ2v) is 8.35. The van der Waals surface area contributed by atoms with Gasteiger partial charge in [0, 0.05) is 52.4 Å². The molecule has 3 N–H and O–H groups in total. The summed E-state index contributed by atoms with van der Waals surface area (Å²) in [4.78, 5) is 63.7. The van der Waals surface area contributed by atoms with Crippen molar-refractivity contribution in [3.8, 4) is 5.75 Å². The van der Waals surface area contributed by atoms with Crippen LogP contribution in [0.5, 0.6) is 5.75 Å². The van der Waals surface area contributed by atoms with Gasteiger partial charge in [-0.25, -0.2) is 0 Å². The minimum atomic E-state index is -1.03. The molecule has 1 heterocycles. The first-order valence-electron chi connectivity index (χ1n) is 11.3. The molecular formula is C22H31N5O9. The molecule has 0 spiro atoms. The Morgan fingerprint density at radius 3 is 1.28 bits per heavy atom. The third-order valence-electron chi connectivity index (χ3n) is 5.53. The van der Waals surface area contributed by atoms with Crippen molar-refractivity contribution in [1.29, 1.82) is 0 Å². The minimum absolute atomic E-state index is 0.124. The minimum Gasteiger partial charge on any atom is -0.480 e. The number of hydrogen-bond acceptors (Lipinski definition) is 11. The molecule has 1 aliphatic rings. The van der Waals surface area contributed by atoms with Crippen molar-refractivity contribution in [3.63, 3.8) is 0 Å². The lowest BCUT2D eigenvalue weighted by Gasteiger charge is -2.32. The summed E-state index contributed by atoms with van der Waals surface area (Å²) in [5.74, 6) is -3.42. The van der Waals surface area contributed by atoms with Gasteiger partial charge in [0.1, 0.15) is 11.4 Å². The van der Waals surface area contributed by atoms with E-state index in [0.717, 1.165) is 0 Å². The van der Waals surface area contributed by atoms with Crippen molar-refractivity contribution in [2.45, 2.75) is 0 Å². The van der Waals surface area contributed by atoms with Gasteiger partial charge in [-0.1, -0.05) is 0 Å². The van der Waals surface area contributed by atoms with E-state index in [9.17, 15) is 39.4 Å². The van der Waals surface area contributed by atoms with Crippen LogP contribution in [0.25, 0.3) is 0 Å². The highest BCUT2D eigenvalue weighted by Crippen LogP contribution is 2.17. The lowest BCUT2D eigenvalue weighted by molar-refractivity contribution is -0.141. The Hall–Kier alpha value is -3.46. The van der Waals surface area contributed by atoms with Crippen molar-refractivity contribution in [2.24, 2.45) is 5.18 Å². The number of carbonyl (C=O) groups is 4. The van der Waals surface area contributed by atoms with Gasteiger partial charge < -0.3 is 20.1 Å². The predicted molar refractivity (Wildman–Crippen MR) is 126 cm³/mol. The van der Waals surface area contributed by atoms with Gasteiger partial charge in [0.25, 0.3) is 0 Å². The second kappa shape index (κ2) is 14.8. The van der Waals surface area contributed by atoms with Crippen LogP contribution >= 0.6 is 0 Å². The van der Waals surface area contributed by atoms with Crippen molar-refractivity contribution in [3.05, 3.63) is 29.2 Å². The lowest BCUT2D eigenvalue weighted by atomic mass is 10.3. The standard InChI is InChI=1S/C22H31N5O9/c28-19(29)13-24-5-7-25(14-20(30)31)9-11-27(12-10-26(8-6-24)15-21(32)33)16-22(34)36-18-3-1-17(23-35)2-4-18/h1-4H,5-16H2,(H,28,29)(H,30,31)(H,32,33). The van der Waals surface area contributed by atoms with Gasteiger partial charge in [-0.15, -0.1) is 4.91 Å². The Balaban J connectivity index is 2.11. The summed E-state index contributed by atoms with van der Waals surface area (Å²) < 4.78 is 5.32. The highest BCUT2D eigenvalue weighted by Gasteiger charge is 2.21. The molecule has 1 aromatic rings. The SMILES string of the molecule is O=Nc1ccc(OC(=O)CN2CCN(CC(=O)O)CCN(CC(=O)O)CCN(CC(=O)O)CC2)cc1. The number of carbonyl (C=O) groups excluding carboxylic acids is 1. The first-order chi connectivity index (χ1) is 17.1. The smallest absolute Gasteiger partial charge is 0.325 e. The number of rotatable bonds is 10. The molecule has 0 aromatic heterocycles. The topological polar surface area (TPSA) is 181 Å². The van der Waals surface area contributed by atoms with E-state index in [1.165, 1.54) is 24.3 Å². The third-order valence-corrected chi connectivity index (χ3v) is 5.53. The molecule has 1 aliphatic heterocycles. The van der Waals surface area contributed by atoms with Crippen LogP contribution in [0.1, 0.15) is 0 Å². The largest absolute Gasteiger partial charge is 0.480 e. The van der Waals surface area contributed by atoms with Crippen LogP contribution in [0.3, 0.4) is 0 Å². The zero-order valence-corrected chi connectivity index (χ0v) is 19.8. The van der Waals surface area contributed by atoms with Gasteiger partial charge >= 0.3 is 23.9 Å². The van der Waals surface area contributed by atoms with Crippen LogP contribution in [0.4, 0.5) is 5.69 Å². The quantitative estimate of drug-likeness (QED) is 0.208. The molecule has 0 bridgehead atoms. The maximum Gasteiger partial charge on any atom is 0.325 e. The molecule has 0 saturated carbocycles. The Labute approximate surface area is 207 Å². The molecule has 14 nitrogen and oxygen atoms in total. The maximum atomic E-state index is 12.5. The van der Waals surface area contributed by atoms with Crippen molar-refractivity contribution in [1.82, 2.24) is 19.6 Å². The number of hydrogen-bond donors (Lipinski definition) is 3. The third kappa shape index (κ3) is 11.3. The van der Waals surface area contributed by atoms with E-state index in [2.05, 4.69) is 5.18 Å². The van der Waals surface area contributed by atoms with Crippen LogP contribution in [-0.4, -0.2) is 137 Å². The summed E-state index contributed by atoms with van der Waals surface area (Å²) in [7, 11) is 0. The maximum absolute atomic E-state index is 12.5. The zero-order valence-electron chi connectivity index (χ0n) is 19.8. The molecule has 14 heteroatoms. The molecule has 0 unspecified atom stereocenters. The van der Waals surface area contributed by atoms with Crippen LogP contribution in [0.2, 0.25) is 0 Å². The average molecular weight is 510 g/mol. The average Bonchev–Trinajstić information content (AvgIpc) is 2.80. The van der Waals surface area contributed by atoms with Crippen LogP contribution in [0, 0.1) is 4.91 Å². The summed E-state index contributed by atoms with van der Waals surface area (Å²) in [6, 6.07) is 5.70. The fourth-order valence-corrected chi connectivity index (χ4v) is 3.71. The summed E-state index contributed by atoms with van der Waals surface area (Å²) >= 11 is 0. The molecule has 198 valence electrons. The predicted octanol–water partition coefficient (Wildman–Crippen LogP) is -0.535. The van der Waals surface area contributed by atoms with Crippen LogP contribution in [-0.2, 0) is 19.2 Å². The molecule has 1 saturated heterocycles. The lowest BCUT2D eigenvalue weighted by Crippen LogP contribution is -2.49. The number of carboxylic acid groups (broad SMARTS) is 3. The molecule has 2 rings (SSSR count). The number of aliphatic carboxylic acids is 3. The second-order valence-electron chi connectivity index (χ2n) is 8.35. The first-order valence-corrected chi connectivity index (χ1v) is 11.3. The number of carboxylic acids is 3. The number of nitroso groups, excluding NO2 is 1. The molecule has 1 aromatic carbocycles.